The Kier molecular flexibility index (Phi) is 4.02. The molecule has 0 aliphatic heterocycles. The van der Waals surface area contributed by atoms with E-state index in [9.17, 15) is 0 Å². The maximum Gasteiger partial charge on any atom is 0.256 e. The van der Waals surface area contributed by atoms with Gasteiger partial charge in [-0.2, -0.15) is 20.1 Å². The number of halogens is 1. The van der Waals surface area contributed by atoms with E-state index >= 15 is 0 Å². The van der Waals surface area contributed by atoms with E-state index in [0.717, 1.165) is 12.1 Å². The number of anilines is 1. The molecule has 3 aromatic rings. The van der Waals surface area contributed by atoms with Crippen molar-refractivity contribution in [2.45, 2.75) is 6.42 Å². The second kappa shape index (κ2) is 6.27. The molecule has 3 rings (SSSR count). The van der Waals surface area contributed by atoms with Gasteiger partial charge in [-0.1, -0.05) is 6.07 Å². The predicted octanol–water partition coefficient (Wildman–Crippen LogP) is 1.76. The van der Waals surface area contributed by atoms with Gasteiger partial charge in [0.2, 0.25) is 11.2 Å². The predicted molar refractivity (Wildman–Crippen MR) is 78.4 cm³/mol. The van der Waals surface area contributed by atoms with Crippen LogP contribution in [0.15, 0.2) is 42.9 Å². The molecule has 0 spiro atoms. The quantitative estimate of drug-likeness (QED) is 0.773. The third-order valence-electron chi connectivity index (χ3n) is 2.70. The molecule has 3 aromatic heterocycles. The maximum atomic E-state index is 5.91. The second-order valence-electron chi connectivity index (χ2n) is 4.18. The molecule has 0 saturated carbocycles. The highest BCUT2D eigenvalue weighted by atomic mass is 35.5. The first-order valence-corrected chi connectivity index (χ1v) is 6.74. The number of hydrogen-bond donors (Lipinski definition) is 1. The lowest BCUT2D eigenvalue weighted by atomic mass is 10.3. The highest BCUT2D eigenvalue weighted by Crippen LogP contribution is 2.09. The van der Waals surface area contributed by atoms with Crippen molar-refractivity contribution in [2.24, 2.45) is 0 Å². The summed E-state index contributed by atoms with van der Waals surface area (Å²) in [4.78, 5) is 16.6. The molecule has 0 aromatic carbocycles. The van der Waals surface area contributed by atoms with Crippen LogP contribution in [0.25, 0.3) is 5.95 Å². The van der Waals surface area contributed by atoms with Crippen molar-refractivity contribution in [1.82, 2.24) is 29.7 Å². The van der Waals surface area contributed by atoms with Gasteiger partial charge in [-0.25, -0.2) is 4.68 Å². The second-order valence-corrected chi connectivity index (χ2v) is 4.51. The van der Waals surface area contributed by atoms with Crippen LogP contribution >= 0.6 is 11.6 Å². The molecule has 0 aliphatic rings. The SMILES string of the molecule is Clc1nc(NCCc2ccccn2)nc(-n2cccn2)n1. The van der Waals surface area contributed by atoms with Crippen LogP contribution in [0.1, 0.15) is 5.69 Å². The van der Waals surface area contributed by atoms with E-state index in [-0.39, 0.29) is 5.28 Å². The molecule has 0 saturated heterocycles. The molecule has 0 amide bonds. The van der Waals surface area contributed by atoms with Gasteiger partial charge in [-0.15, -0.1) is 0 Å². The Labute approximate surface area is 126 Å². The van der Waals surface area contributed by atoms with Crippen molar-refractivity contribution in [1.29, 1.82) is 0 Å². The van der Waals surface area contributed by atoms with Gasteiger partial charge in [0.15, 0.2) is 0 Å². The van der Waals surface area contributed by atoms with Gasteiger partial charge in [0.1, 0.15) is 0 Å². The first kappa shape index (κ1) is 13.4. The molecule has 7 nitrogen and oxygen atoms in total. The minimum Gasteiger partial charge on any atom is -0.354 e. The summed E-state index contributed by atoms with van der Waals surface area (Å²) in [5.74, 6) is 0.789. The number of hydrogen-bond acceptors (Lipinski definition) is 6. The summed E-state index contributed by atoms with van der Waals surface area (Å²) in [6.45, 7) is 0.649. The largest absolute Gasteiger partial charge is 0.354 e. The third-order valence-corrected chi connectivity index (χ3v) is 2.87. The van der Waals surface area contributed by atoms with Crippen LogP contribution in [0, 0.1) is 0 Å². The number of nitrogens with zero attached hydrogens (tertiary/aromatic N) is 6. The Bertz CT molecular complexity index is 700. The molecular formula is C13H12ClN7. The zero-order chi connectivity index (χ0) is 14.5. The molecule has 0 fully saturated rings. The van der Waals surface area contributed by atoms with E-state index < -0.39 is 0 Å². The summed E-state index contributed by atoms with van der Waals surface area (Å²) in [5.41, 5.74) is 0.998. The van der Waals surface area contributed by atoms with E-state index in [2.05, 4.69) is 30.4 Å². The van der Waals surface area contributed by atoms with Crippen LogP contribution in [0.2, 0.25) is 5.28 Å². The molecular weight excluding hydrogens is 290 g/mol. The smallest absolute Gasteiger partial charge is 0.256 e. The Morgan fingerprint density at radius 1 is 1.10 bits per heavy atom. The Morgan fingerprint density at radius 2 is 2.05 bits per heavy atom. The molecule has 8 heteroatoms. The molecule has 21 heavy (non-hydrogen) atoms. The highest BCUT2D eigenvalue weighted by molar-refractivity contribution is 6.28. The fourth-order valence-corrected chi connectivity index (χ4v) is 1.91. The summed E-state index contributed by atoms with van der Waals surface area (Å²) < 4.78 is 1.53. The van der Waals surface area contributed by atoms with E-state index in [1.807, 2.05) is 18.2 Å². The molecule has 3 heterocycles. The number of nitrogens with one attached hydrogen (secondary N) is 1. The fraction of sp³-hybridized carbons (Fsp3) is 0.154. The van der Waals surface area contributed by atoms with Crippen LogP contribution in [0.3, 0.4) is 0 Å². The van der Waals surface area contributed by atoms with E-state index in [0.29, 0.717) is 18.4 Å². The average molecular weight is 302 g/mol. The standard InChI is InChI=1S/C13H12ClN7/c14-11-18-12(16-8-5-10-4-1-2-6-15-10)20-13(19-11)21-9-3-7-17-21/h1-4,6-7,9H,5,8H2,(H,16,18,19,20). The van der Waals surface area contributed by atoms with Gasteiger partial charge in [0.05, 0.1) is 0 Å². The molecule has 0 aliphatic carbocycles. The van der Waals surface area contributed by atoms with Crippen LogP contribution < -0.4 is 5.32 Å². The van der Waals surface area contributed by atoms with Crippen LogP contribution in [-0.2, 0) is 6.42 Å². The minimum absolute atomic E-state index is 0.121. The highest BCUT2D eigenvalue weighted by Gasteiger charge is 2.06. The van der Waals surface area contributed by atoms with Gasteiger partial charge in [0.25, 0.3) is 5.95 Å². The third kappa shape index (κ3) is 3.51. The van der Waals surface area contributed by atoms with E-state index in [4.69, 9.17) is 11.6 Å². The summed E-state index contributed by atoms with van der Waals surface area (Å²) >= 11 is 5.91. The van der Waals surface area contributed by atoms with Crippen molar-refractivity contribution in [3.05, 3.63) is 53.8 Å². The van der Waals surface area contributed by atoms with Crippen molar-refractivity contribution in [3.63, 3.8) is 0 Å². The Morgan fingerprint density at radius 3 is 2.81 bits per heavy atom. The molecule has 1 N–H and O–H groups in total. The van der Waals surface area contributed by atoms with Gasteiger partial charge < -0.3 is 5.32 Å². The zero-order valence-corrected chi connectivity index (χ0v) is 11.8. The van der Waals surface area contributed by atoms with Crippen molar-refractivity contribution < 1.29 is 0 Å². The molecule has 106 valence electrons. The number of aromatic nitrogens is 6. The van der Waals surface area contributed by atoms with Crippen LogP contribution in [0.5, 0.6) is 0 Å². The Hall–Kier alpha value is -2.54. The Balaban J connectivity index is 1.68. The van der Waals surface area contributed by atoms with Gasteiger partial charge in [-0.3, -0.25) is 4.98 Å². The summed E-state index contributed by atoms with van der Waals surface area (Å²) in [5, 5.41) is 7.29. The first-order chi connectivity index (χ1) is 10.3. The normalized spacial score (nSPS) is 10.5. The van der Waals surface area contributed by atoms with Gasteiger partial charge in [-0.05, 0) is 29.8 Å². The fourth-order valence-electron chi connectivity index (χ4n) is 1.76. The zero-order valence-electron chi connectivity index (χ0n) is 11.0. The summed E-state index contributed by atoms with van der Waals surface area (Å²) in [7, 11) is 0. The molecule has 0 radical (unpaired) electrons. The number of rotatable bonds is 5. The van der Waals surface area contributed by atoms with Crippen LogP contribution in [-0.4, -0.2) is 36.3 Å². The lowest BCUT2D eigenvalue weighted by Gasteiger charge is -2.06. The molecule has 0 bridgehead atoms. The molecule has 0 atom stereocenters. The lowest BCUT2D eigenvalue weighted by molar-refractivity contribution is 0.793. The van der Waals surface area contributed by atoms with Crippen molar-refractivity contribution >= 4 is 17.5 Å². The summed E-state index contributed by atoms with van der Waals surface area (Å²) in [6, 6.07) is 7.60. The van der Waals surface area contributed by atoms with Crippen LogP contribution in [0.4, 0.5) is 5.95 Å². The average Bonchev–Trinajstić information content (AvgIpc) is 3.02. The molecule has 0 unspecified atom stereocenters. The summed E-state index contributed by atoms with van der Waals surface area (Å²) in [6.07, 6.45) is 5.92. The topological polar surface area (TPSA) is 81.4 Å². The monoisotopic (exact) mass is 301 g/mol. The minimum atomic E-state index is 0.121. The first-order valence-electron chi connectivity index (χ1n) is 6.36. The van der Waals surface area contributed by atoms with Crippen molar-refractivity contribution in [3.8, 4) is 5.95 Å². The lowest BCUT2D eigenvalue weighted by Crippen LogP contribution is -2.12. The van der Waals surface area contributed by atoms with Crippen molar-refractivity contribution in [2.75, 3.05) is 11.9 Å². The van der Waals surface area contributed by atoms with Gasteiger partial charge in [0, 0.05) is 37.3 Å². The maximum absolute atomic E-state index is 5.91. The van der Waals surface area contributed by atoms with E-state index in [1.165, 1.54) is 4.68 Å². The number of pyridine rings is 1. The van der Waals surface area contributed by atoms with Gasteiger partial charge >= 0.3 is 0 Å². The van der Waals surface area contributed by atoms with E-state index in [1.54, 1.807) is 24.7 Å².